The molecule has 0 aliphatic carbocycles. The lowest BCUT2D eigenvalue weighted by Gasteiger charge is -2.19. The lowest BCUT2D eigenvalue weighted by atomic mass is 10.1. The molecule has 132 valence electrons. The molecule has 1 aromatic carbocycles. The van der Waals surface area contributed by atoms with Gasteiger partial charge in [-0.3, -0.25) is 4.79 Å². The Balaban J connectivity index is 2.00. The number of ether oxygens (including phenoxy) is 1. The molecule has 2 aromatic rings. The van der Waals surface area contributed by atoms with E-state index in [1.165, 1.54) is 31.3 Å². The zero-order valence-electron chi connectivity index (χ0n) is 13.5. The predicted octanol–water partition coefficient (Wildman–Crippen LogP) is 3.05. The van der Waals surface area contributed by atoms with Crippen LogP contribution in [0.2, 0.25) is 10.0 Å². The highest BCUT2D eigenvalue weighted by Crippen LogP contribution is 2.26. The largest absolute Gasteiger partial charge is 0.618 e. The molecule has 2 atom stereocenters. The van der Waals surface area contributed by atoms with Crippen LogP contribution >= 0.6 is 23.2 Å². The third-order valence-electron chi connectivity index (χ3n) is 3.47. The highest BCUT2D eigenvalue weighted by Gasteiger charge is 2.25. The molecule has 1 N–H and O–H groups in total. The van der Waals surface area contributed by atoms with Crippen molar-refractivity contribution in [3.05, 3.63) is 69.1 Å². The van der Waals surface area contributed by atoms with Crippen LogP contribution in [0, 0.1) is 5.21 Å². The van der Waals surface area contributed by atoms with Gasteiger partial charge in [0, 0.05) is 22.2 Å². The van der Waals surface area contributed by atoms with Crippen molar-refractivity contribution >= 4 is 35.1 Å². The van der Waals surface area contributed by atoms with Crippen LogP contribution in [0.4, 0.5) is 0 Å². The van der Waals surface area contributed by atoms with Gasteiger partial charge < -0.3 is 15.3 Å². The molecule has 0 unspecified atom stereocenters. The van der Waals surface area contributed by atoms with E-state index in [-0.39, 0.29) is 5.69 Å². The molecule has 1 amide bonds. The van der Waals surface area contributed by atoms with Crippen LogP contribution in [0.1, 0.15) is 35.9 Å². The number of hydrogen-bond donors (Lipinski definition) is 1. The maximum atomic E-state index is 12.2. The molecule has 25 heavy (non-hydrogen) atoms. The molecular formula is C17H16Cl2N2O4. The first-order valence-electron chi connectivity index (χ1n) is 7.44. The standard InChI is InChI=1S/C17H16Cl2N2O4/c1-10(13-7-6-12(18)9-14(13)19)20-16(22)11(2)25-17(23)15-5-3-4-8-21(15)24/h3-11H,1-2H3,(H,20,22)/t10-,11+/m0/s1. The quantitative estimate of drug-likeness (QED) is 0.489. The van der Waals surface area contributed by atoms with Crippen molar-refractivity contribution in [2.24, 2.45) is 0 Å². The summed E-state index contributed by atoms with van der Waals surface area (Å²) in [7, 11) is 0. The van der Waals surface area contributed by atoms with Crippen molar-refractivity contribution in [1.82, 2.24) is 5.32 Å². The minimum atomic E-state index is -1.08. The van der Waals surface area contributed by atoms with Crippen molar-refractivity contribution in [3.8, 4) is 0 Å². The molecule has 8 heteroatoms. The third kappa shape index (κ3) is 4.84. The van der Waals surface area contributed by atoms with E-state index in [4.69, 9.17) is 27.9 Å². The Hall–Kier alpha value is -2.31. The van der Waals surface area contributed by atoms with Crippen LogP contribution in [0.15, 0.2) is 42.6 Å². The molecule has 0 spiro atoms. The third-order valence-corrected chi connectivity index (χ3v) is 4.04. The maximum absolute atomic E-state index is 12.2. The van der Waals surface area contributed by atoms with Gasteiger partial charge in [-0.05, 0) is 37.6 Å². The fourth-order valence-corrected chi connectivity index (χ4v) is 2.69. The van der Waals surface area contributed by atoms with Crippen LogP contribution in [0.5, 0.6) is 0 Å². The molecule has 0 saturated heterocycles. The summed E-state index contributed by atoms with van der Waals surface area (Å²) in [4.78, 5) is 24.2. The van der Waals surface area contributed by atoms with Gasteiger partial charge in [-0.25, -0.2) is 4.79 Å². The van der Waals surface area contributed by atoms with E-state index in [1.54, 1.807) is 25.1 Å². The molecule has 2 rings (SSSR count). The lowest BCUT2D eigenvalue weighted by Crippen LogP contribution is -2.40. The minimum absolute atomic E-state index is 0.198. The van der Waals surface area contributed by atoms with Gasteiger partial charge in [-0.1, -0.05) is 29.3 Å². The first-order chi connectivity index (χ1) is 11.8. The van der Waals surface area contributed by atoms with Gasteiger partial charge >= 0.3 is 11.7 Å². The molecule has 0 saturated carbocycles. The van der Waals surface area contributed by atoms with E-state index >= 15 is 0 Å². The number of pyridine rings is 1. The average Bonchev–Trinajstić information content (AvgIpc) is 2.54. The van der Waals surface area contributed by atoms with E-state index in [9.17, 15) is 14.8 Å². The van der Waals surface area contributed by atoms with Crippen LogP contribution in [0.3, 0.4) is 0 Å². The summed E-state index contributed by atoms with van der Waals surface area (Å²) in [5, 5.41) is 15.1. The summed E-state index contributed by atoms with van der Waals surface area (Å²) in [6.07, 6.45) is 0.0904. The van der Waals surface area contributed by atoms with Crippen LogP contribution in [-0.4, -0.2) is 18.0 Å². The number of amides is 1. The molecule has 1 aromatic heterocycles. The van der Waals surface area contributed by atoms with Crippen molar-refractivity contribution in [3.63, 3.8) is 0 Å². The summed E-state index contributed by atoms with van der Waals surface area (Å²) in [6, 6.07) is 8.86. The highest BCUT2D eigenvalue weighted by atomic mass is 35.5. The van der Waals surface area contributed by atoms with E-state index in [1.807, 2.05) is 0 Å². The Labute approximate surface area is 154 Å². The van der Waals surface area contributed by atoms with Gasteiger partial charge in [0.25, 0.3) is 5.91 Å². The summed E-state index contributed by atoms with van der Waals surface area (Å²) < 4.78 is 5.42. The minimum Gasteiger partial charge on any atom is -0.618 e. The average molecular weight is 383 g/mol. The highest BCUT2D eigenvalue weighted by molar-refractivity contribution is 6.35. The number of carbonyl (C=O) groups is 2. The molecule has 0 radical (unpaired) electrons. The second-order valence-corrected chi connectivity index (χ2v) is 6.20. The van der Waals surface area contributed by atoms with Crippen molar-refractivity contribution < 1.29 is 19.1 Å². The van der Waals surface area contributed by atoms with E-state index in [0.717, 1.165) is 0 Å². The SMILES string of the molecule is C[C@H](NC(=O)[C@@H](C)OC(=O)c1cccc[n+]1[O-])c1ccc(Cl)cc1Cl. The molecule has 1 heterocycles. The lowest BCUT2D eigenvalue weighted by molar-refractivity contribution is -0.608. The molecule has 0 bridgehead atoms. The van der Waals surface area contributed by atoms with E-state index in [0.29, 0.717) is 20.3 Å². The molecule has 0 fully saturated rings. The Morgan fingerprint density at radius 1 is 1.20 bits per heavy atom. The topological polar surface area (TPSA) is 82.3 Å². The monoisotopic (exact) mass is 382 g/mol. The first kappa shape index (κ1) is 19.0. The van der Waals surface area contributed by atoms with Gasteiger partial charge in [0.05, 0.1) is 6.04 Å². The van der Waals surface area contributed by atoms with Gasteiger partial charge in [0.1, 0.15) is 0 Å². The van der Waals surface area contributed by atoms with Crippen molar-refractivity contribution in [1.29, 1.82) is 0 Å². The maximum Gasteiger partial charge on any atom is 0.405 e. The van der Waals surface area contributed by atoms with Crippen molar-refractivity contribution in [2.75, 3.05) is 0 Å². The summed E-state index contributed by atoms with van der Waals surface area (Å²) in [5.74, 6) is -1.39. The van der Waals surface area contributed by atoms with Crippen LogP contribution < -0.4 is 10.0 Å². The van der Waals surface area contributed by atoms with E-state index < -0.39 is 24.0 Å². The second kappa shape index (κ2) is 8.18. The smallest absolute Gasteiger partial charge is 0.405 e. The summed E-state index contributed by atoms with van der Waals surface area (Å²) in [6.45, 7) is 3.16. The number of hydrogen-bond acceptors (Lipinski definition) is 4. The second-order valence-electron chi connectivity index (χ2n) is 5.36. The Bertz CT molecular complexity index is 798. The Morgan fingerprint density at radius 2 is 1.92 bits per heavy atom. The fraction of sp³-hybridized carbons (Fsp3) is 0.235. The Kier molecular flexibility index (Phi) is 6.22. The number of nitrogens with one attached hydrogen (secondary N) is 1. The van der Waals surface area contributed by atoms with Gasteiger partial charge in [-0.15, -0.1) is 0 Å². The predicted molar refractivity (Wildman–Crippen MR) is 93.3 cm³/mol. The first-order valence-corrected chi connectivity index (χ1v) is 8.19. The number of rotatable bonds is 5. The number of halogens is 2. The number of aromatic nitrogens is 1. The van der Waals surface area contributed by atoms with Gasteiger partial charge in [0.2, 0.25) is 0 Å². The van der Waals surface area contributed by atoms with Gasteiger partial charge in [0.15, 0.2) is 12.3 Å². The van der Waals surface area contributed by atoms with Gasteiger partial charge in [-0.2, -0.15) is 4.73 Å². The van der Waals surface area contributed by atoms with Crippen LogP contribution in [-0.2, 0) is 9.53 Å². The van der Waals surface area contributed by atoms with Crippen molar-refractivity contribution in [2.45, 2.75) is 26.0 Å². The Morgan fingerprint density at radius 3 is 2.56 bits per heavy atom. The van der Waals surface area contributed by atoms with E-state index in [2.05, 4.69) is 5.32 Å². The molecular weight excluding hydrogens is 367 g/mol. The molecule has 0 aliphatic heterocycles. The number of benzene rings is 1. The molecule has 6 nitrogen and oxygen atoms in total. The number of carbonyl (C=O) groups excluding carboxylic acids is 2. The number of esters is 1. The zero-order valence-corrected chi connectivity index (χ0v) is 15.0. The summed E-state index contributed by atoms with van der Waals surface area (Å²) >= 11 is 12.0. The van der Waals surface area contributed by atoms with Crippen LogP contribution in [0.25, 0.3) is 0 Å². The normalized spacial score (nSPS) is 13.0. The zero-order chi connectivity index (χ0) is 18.6. The number of nitrogens with zero attached hydrogens (tertiary/aromatic N) is 1. The summed E-state index contributed by atoms with van der Waals surface area (Å²) in [5.41, 5.74) is 0.481. The fourth-order valence-electron chi connectivity index (χ4n) is 2.12. The molecule has 0 aliphatic rings.